The number of carbonyl (C=O) groups excluding carboxylic acids is 1. The highest BCUT2D eigenvalue weighted by molar-refractivity contribution is 6.12. The number of methoxy groups -OCH3 is 1. The quantitative estimate of drug-likeness (QED) is 0.487. The number of ether oxygens (including phenoxy) is 1. The van der Waals surface area contributed by atoms with E-state index in [0.29, 0.717) is 33.9 Å². The Morgan fingerprint density at radius 1 is 1.06 bits per heavy atom. The van der Waals surface area contributed by atoms with E-state index in [0.717, 1.165) is 0 Å². The average Bonchev–Trinajstić information content (AvgIpc) is 2.78. The molecule has 0 aromatic heterocycles. The second-order valence-corrected chi connectivity index (χ2v) is 7.34. The van der Waals surface area contributed by atoms with Crippen molar-refractivity contribution in [1.82, 2.24) is 0 Å². The average molecular weight is 418 g/mol. The van der Waals surface area contributed by atoms with Gasteiger partial charge in [-0.15, -0.1) is 0 Å². The van der Waals surface area contributed by atoms with E-state index in [2.05, 4.69) is 5.32 Å². The molecule has 1 aliphatic rings. The summed E-state index contributed by atoms with van der Waals surface area (Å²) in [7, 11) is 5.05. The molecule has 1 aliphatic heterocycles. The van der Waals surface area contributed by atoms with Gasteiger partial charge in [0.15, 0.2) is 0 Å². The number of carbonyl (C=O) groups is 1. The maximum absolute atomic E-state index is 13.6. The number of nitro benzene ring substituents is 1. The second-order valence-electron chi connectivity index (χ2n) is 7.34. The van der Waals surface area contributed by atoms with Crippen LogP contribution >= 0.6 is 0 Å². The Hall–Kier alpha value is -4.07. The van der Waals surface area contributed by atoms with Crippen LogP contribution in [0.3, 0.4) is 0 Å². The molecule has 0 saturated carbocycles. The summed E-state index contributed by atoms with van der Waals surface area (Å²) in [6.07, 6.45) is -0.659. The summed E-state index contributed by atoms with van der Waals surface area (Å²) in [4.78, 5) is 28.1. The van der Waals surface area contributed by atoms with Crippen LogP contribution in [0.4, 0.5) is 22.7 Å². The molecule has 8 nitrogen and oxygen atoms in total. The summed E-state index contributed by atoms with van der Waals surface area (Å²) in [5.41, 5.74) is 2.80. The summed E-state index contributed by atoms with van der Waals surface area (Å²) >= 11 is 0. The van der Waals surface area contributed by atoms with Crippen molar-refractivity contribution in [2.24, 2.45) is 0 Å². The molecule has 0 spiro atoms. The SMILES string of the molecule is COc1ccccc1N1C(=O)c2ccccc2N[C@H]1c1ccc(N(C)C)c([N+](=O)[O-])c1. The highest BCUT2D eigenvalue weighted by atomic mass is 16.6. The van der Waals surface area contributed by atoms with Crippen LogP contribution < -0.4 is 19.9 Å². The van der Waals surface area contributed by atoms with Gasteiger partial charge in [-0.2, -0.15) is 0 Å². The first-order valence-electron chi connectivity index (χ1n) is 9.70. The van der Waals surface area contributed by atoms with Gasteiger partial charge in [0.1, 0.15) is 17.6 Å². The maximum Gasteiger partial charge on any atom is 0.292 e. The van der Waals surface area contributed by atoms with Gasteiger partial charge in [0.2, 0.25) is 0 Å². The first kappa shape index (κ1) is 20.2. The molecule has 0 aliphatic carbocycles. The van der Waals surface area contributed by atoms with E-state index in [1.807, 2.05) is 24.3 Å². The zero-order valence-corrected chi connectivity index (χ0v) is 17.4. The second kappa shape index (κ2) is 7.98. The van der Waals surface area contributed by atoms with E-state index in [9.17, 15) is 14.9 Å². The van der Waals surface area contributed by atoms with E-state index in [4.69, 9.17) is 4.74 Å². The minimum atomic E-state index is -0.659. The molecule has 1 amide bonds. The van der Waals surface area contributed by atoms with Crippen molar-refractivity contribution in [3.8, 4) is 5.75 Å². The Kier molecular flexibility index (Phi) is 5.21. The monoisotopic (exact) mass is 418 g/mol. The maximum atomic E-state index is 13.6. The molecule has 1 atom stereocenters. The number of rotatable bonds is 5. The molecule has 8 heteroatoms. The third kappa shape index (κ3) is 3.52. The molecule has 0 fully saturated rings. The number of benzene rings is 3. The number of nitrogens with zero attached hydrogens (tertiary/aromatic N) is 3. The van der Waals surface area contributed by atoms with Gasteiger partial charge in [0, 0.05) is 31.4 Å². The molecule has 3 aromatic rings. The standard InChI is InChI=1S/C23H22N4O4/c1-25(2)18-13-12-15(14-20(18)27(29)30)22-24-17-9-5-4-8-16(17)23(28)26(22)19-10-6-7-11-21(19)31-3/h4-14,22,24H,1-3H3/t22-/m1/s1. The molecule has 0 unspecified atom stereocenters. The predicted octanol–water partition coefficient (Wildman–Crippen LogP) is 4.44. The molecule has 1 heterocycles. The smallest absolute Gasteiger partial charge is 0.292 e. The van der Waals surface area contributed by atoms with E-state index in [1.54, 1.807) is 67.4 Å². The highest BCUT2D eigenvalue weighted by Crippen LogP contribution is 2.41. The Labute approximate surface area is 179 Å². The zero-order chi connectivity index (χ0) is 22.1. The number of hydrogen-bond donors (Lipinski definition) is 1. The van der Waals surface area contributed by atoms with Gasteiger partial charge in [-0.25, -0.2) is 0 Å². The summed E-state index contributed by atoms with van der Waals surface area (Å²) in [5, 5.41) is 15.1. The number of hydrogen-bond acceptors (Lipinski definition) is 6. The molecule has 0 saturated heterocycles. The van der Waals surface area contributed by atoms with Gasteiger partial charge in [0.05, 0.1) is 23.3 Å². The first-order chi connectivity index (χ1) is 14.9. The number of nitrogens with one attached hydrogen (secondary N) is 1. The number of anilines is 3. The van der Waals surface area contributed by atoms with Gasteiger partial charge in [-0.3, -0.25) is 19.8 Å². The fraction of sp³-hybridized carbons (Fsp3) is 0.174. The zero-order valence-electron chi connectivity index (χ0n) is 17.4. The minimum absolute atomic E-state index is 0.0319. The van der Waals surface area contributed by atoms with Crippen molar-refractivity contribution in [2.45, 2.75) is 6.17 Å². The first-order valence-corrected chi connectivity index (χ1v) is 9.70. The topological polar surface area (TPSA) is 88.0 Å². The lowest BCUT2D eigenvalue weighted by molar-refractivity contribution is -0.384. The molecule has 1 N–H and O–H groups in total. The third-order valence-electron chi connectivity index (χ3n) is 5.27. The number of fused-ring (bicyclic) bond motifs is 1. The minimum Gasteiger partial charge on any atom is -0.495 e. The van der Waals surface area contributed by atoms with E-state index in [1.165, 1.54) is 6.07 Å². The van der Waals surface area contributed by atoms with Crippen molar-refractivity contribution in [1.29, 1.82) is 0 Å². The van der Waals surface area contributed by atoms with Crippen molar-refractivity contribution in [3.63, 3.8) is 0 Å². The van der Waals surface area contributed by atoms with Gasteiger partial charge in [-0.1, -0.05) is 30.3 Å². The van der Waals surface area contributed by atoms with E-state index < -0.39 is 11.1 Å². The van der Waals surface area contributed by atoms with Gasteiger partial charge in [0.25, 0.3) is 11.6 Å². The summed E-state index contributed by atoms with van der Waals surface area (Å²) in [6, 6.07) is 19.4. The molecule has 0 bridgehead atoms. The van der Waals surface area contributed by atoms with Crippen molar-refractivity contribution < 1.29 is 14.5 Å². The molecule has 158 valence electrons. The van der Waals surface area contributed by atoms with Crippen LogP contribution in [-0.2, 0) is 0 Å². The highest BCUT2D eigenvalue weighted by Gasteiger charge is 2.36. The predicted molar refractivity (Wildman–Crippen MR) is 120 cm³/mol. The third-order valence-corrected chi connectivity index (χ3v) is 5.27. The number of para-hydroxylation sites is 3. The van der Waals surface area contributed by atoms with E-state index >= 15 is 0 Å². The van der Waals surface area contributed by atoms with Gasteiger partial charge in [-0.05, 0) is 30.3 Å². The fourth-order valence-corrected chi connectivity index (χ4v) is 3.80. The molecule has 4 rings (SSSR count). The normalized spacial score (nSPS) is 15.1. The molecular weight excluding hydrogens is 396 g/mol. The van der Waals surface area contributed by atoms with Crippen LogP contribution in [0, 0.1) is 10.1 Å². The Morgan fingerprint density at radius 3 is 2.48 bits per heavy atom. The van der Waals surface area contributed by atoms with Crippen molar-refractivity contribution >= 4 is 28.7 Å². The molecule has 3 aromatic carbocycles. The van der Waals surface area contributed by atoms with Gasteiger partial charge < -0.3 is 15.0 Å². The lowest BCUT2D eigenvalue weighted by Crippen LogP contribution is -2.43. The van der Waals surface area contributed by atoms with Crippen molar-refractivity contribution in [3.05, 3.63) is 88.0 Å². The van der Waals surface area contributed by atoms with Crippen LogP contribution in [0.25, 0.3) is 0 Å². The van der Waals surface area contributed by atoms with Crippen LogP contribution in [0.15, 0.2) is 66.7 Å². The van der Waals surface area contributed by atoms with Crippen LogP contribution in [0.5, 0.6) is 5.75 Å². The number of nitro groups is 1. The Bertz CT molecular complexity index is 1160. The summed E-state index contributed by atoms with van der Waals surface area (Å²) < 4.78 is 5.50. The molecule has 31 heavy (non-hydrogen) atoms. The summed E-state index contributed by atoms with van der Waals surface area (Å²) in [5.74, 6) is 0.310. The van der Waals surface area contributed by atoms with E-state index in [-0.39, 0.29) is 11.6 Å². The van der Waals surface area contributed by atoms with Crippen molar-refractivity contribution in [2.75, 3.05) is 36.3 Å². The molecule has 0 radical (unpaired) electrons. The Morgan fingerprint density at radius 2 is 1.77 bits per heavy atom. The van der Waals surface area contributed by atoms with Crippen LogP contribution in [-0.4, -0.2) is 32.0 Å². The largest absolute Gasteiger partial charge is 0.495 e. The van der Waals surface area contributed by atoms with Gasteiger partial charge >= 0.3 is 0 Å². The molecular formula is C23H22N4O4. The van der Waals surface area contributed by atoms with Crippen LogP contribution in [0.2, 0.25) is 0 Å². The van der Waals surface area contributed by atoms with Crippen LogP contribution in [0.1, 0.15) is 22.1 Å². The lowest BCUT2D eigenvalue weighted by Gasteiger charge is -2.38. The summed E-state index contributed by atoms with van der Waals surface area (Å²) in [6.45, 7) is 0. The Balaban J connectivity index is 1.91. The lowest BCUT2D eigenvalue weighted by atomic mass is 10.0. The fourth-order valence-electron chi connectivity index (χ4n) is 3.80. The number of amides is 1.